The first kappa shape index (κ1) is 17.4. The number of aromatic nitrogens is 5. The Balaban J connectivity index is 1.55. The highest BCUT2D eigenvalue weighted by molar-refractivity contribution is 8.01. The van der Waals surface area contributed by atoms with Gasteiger partial charge in [-0.3, -0.25) is 4.79 Å². The van der Waals surface area contributed by atoms with Crippen LogP contribution in [0, 0.1) is 0 Å². The number of nitrogens with zero attached hydrogens (tertiary/aromatic N) is 5. The van der Waals surface area contributed by atoms with E-state index in [2.05, 4.69) is 25.6 Å². The third kappa shape index (κ3) is 4.21. The van der Waals surface area contributed by atoms with Gasteiger partial charge >= 0.3 is 0 Å². The molecule has 2 aromatic carbocycles. The molecule has 0 aliphatic heterocycles. The van der Waals surface area contributed by atoms with Crippen LogP contribution in [0.2, 0.25) is 0 Å². The Labute approximate surface area is 163 Å². The highest BCUT2D eigenvalue weighted by Crippen LogP contribution is 2.36. The van der Waals surface area contributed by atoms with Crippen molar-refractivity contribution in [1.29, 1.82) is 0 Å². The van der Waals surface area contributed by atoms with E-state index in [0.29, 0.717) is 15.0 Å². The predicted octanol–water partition coefficient (Wildman–Crippen LogP) is 4.05. The number of anilines is 2. The summed E-state index contributed by atoms with van der Waals surface area (Å²) < 4.78 is 2.20. The molecule has 0 aliphatic rings. The summed E-state index contributed by atoms with van der Waals surface area (Å²) in [6.45, 7) is 0. The number of benzene rings is 2. The van der Waals surface area contributed by atoms with E-state index in [4.69, 9.17) is 0 Å². The second-order valence-corrected chi connectivity index (χ2v) is 7.74. The first-order valence-corrected chi connectivity index (χ1v) is 9.75. The monoisotopic (exact) mass is 394 g/mol. The van der Waals surface area contributed by atoms with Crippen LogP contribution in [-0.4, -0.2) is 30.7 Å². The second kappa shape index (κ2) is 8.11. The van der Waals surface area contributed by atoms with Crippen molar-refractivity contribution in [3.63, 3.8) is 0 Å². The van der Waals surface area contributed by atoms with Crippen molar-refractivity contribution in [2.24, 2.45) is 0 Å². The van der Waals surface area contributed by atoms with Crippen molar-refractivity contribution < 1.29 is 4.79 Å². The van der Waals surface area contributed by atoms with E-state index < -0.39 is 5.37 Å². The average molecular weight is 394 g/mol. The minimum Gasteiger partial charge on any atom is -0.330 e. The Bertz CT molecular complexity index is 1000. The number of thioether (sulfide) groups is 1. The van der Waals surface area contributed by atoms with Gasteiger partial charge in [-0.1, -0.05) is 71.6 Å². The van der Waals surface area contributed by atoms with Gasteiger partial charge in [-0.15, -0.1) is 10.2 Å². The van der Waals surface area contributed by atoms with E-state index in [0.717, 1.165) is 5.69 Å². The standard InChI is InChI=1S/C18H14N6OS2/c25-15(13-7-3-1-4-8-13)16(24-12-19-11-20-24)26-18-23-22-17(27-18)21-14-9-5-2-6-10-14/h1-12,16H,(H,21,22). The van der Waals surface area contributed by atoms with E-state index in [1.54, 1.807) is 12.1 Å². The van der Waals surface area contributed by atoms with E-state index in [1.807, 2.05) is 48.5 Å². The molecule has 27 heavy (non-hydrogen) atoms. The molecule has 1 N–H and O–H groups in total. The molecular weight excluding hydrogens is 380 g/mol. The molecule has 2 aromatic heterocycles. The van der Waals surface area contributed by atoms with Gasteiger partial charge in [0.05, 0.1) is 0 Å². The SMILES string of the molecule is O=C(c1ccccc1)C(Sc1nnc(Nc2ccccc2)s1)n1cncn1. The topological polar surface area (TPSA) is 85.6 Å². The van der Waals surface area contributed by atoms with Crippen LogP contribution in [-0.2, 0) is 0 Å². The maximum Gasteiger partial charge on any atom is 0.210 e. The van der Waals surface area contributed by atoms with Gasteiger partial charge in [-0.2, -0.15) is 5.10 Å². The molecule has 4 rings (SSSR count). The zero-order valence-corrected chi connectivity index (χ0v) is 15.6. The Hall–Kier alpha value is -3.04. The predicted molar refractivity (Wildman–Crippen MR) is 105 cm³/mol. The number of ketones is 1. The van der Waals surface area contributed by atoms with Gasteiger partial charge < -0.3 is 5.32 Å². The molecule has 0 saturated carbocycles. The van der Waals surface area contributed by atoms with Gasteiger partial charge in [0.2, 0.25) is 5.13 Å². The molecule has 2 heterocycles. The molecule has 0 spiro atoms. The molecule has 0 fully saturated rings. The molecule has 1 unspecified atom stereocenters. The third-order valence-electron chi connectivity index (χ3n) is 3.60. The van der Waals surface area contributed by atoms with Crippen LogP contribution in [0.25, 0.3) is 0 Å². The van der Waals surface area contributed by atoms with E-state index in [-0.39, 0.29) is 5.78 Å². The normalized spacial score (nSPS) is 11.9. The lowest BCUT2D eigenvalue weighted by molar-refractivity contribution is 0.0962. The zero-order chi connectivity index (χ0) is 18.5. The summed E-state index contributed by atoms with van der Waals surface area (Å²) in [5, 5.41) is 15.8. The number of carbonyl (C=O) groups is 1. The van der Waals surface area contributed by atoms with Crippen LogP contribution in [0.5, 0.6) is 0 Å². The number of para-hydroxylation sites is 1. The van der Waals surface area contributed by atoms with Crippen LogP contribution in [0.3, 0.4) is 0 Å². The number of hydrogen-bond donors (Lipinski definition) is 1. The van der Waals surface area contributed by atoms with Crippen molar-refractivity contribution >= 4 is 39.7 Å². The van der Waals surface area contributed by atoms with Crippen LogP contribution in [0.4, 0.5) is 10.8 Å². The van der Waals surface area contributed by atoms with Gasteiger partial charge in [0.15, 0.2) is 15.5 Å². The van der Waals surface area contributed by atoms with Gasteiger partial charge in [-0.25, -0.2) is 9.67 Å². The molecular formula is C18H14N6OS2. The summed E-state index contributed by atoms with van der Waals surface area (Å²) in [6.07, 6.45) is 2.94. The van der Waals surface area contributed by atoms with Crippen LogP contribution < -0.4 is 5.32 Å². The number of nitrogens with one attached hydrogen (secondary N) is 1. The van der Waals surface area contributed by atoms with E-state index >= 15 is 0 Å². The number of rotatable bonds is 7. The van der Waals surface area contributed by atoms with Crippen LogP contribution in [0.15, 0.2) is 77.7 Å². The fourth-order valence-corrected chi connectivity index (χ4v) is 4.30. The van der Waals surface area contributed by atoms with Crippen LogP contribution in [0.1, 0.15) is 15.7 Å². The molecule has 9 heteroatoms. The number of carbonyl (C=O) groups excluding carboxylic acids is 1. The average Bonchev–Trinajstić information content (AvgIpc) is 3.39. The smallest absolute Gasteiger partial charge is 0.210 e. The highest BCUT2D eigenvalue weighted by Gasteiger charge is 2.25. The summed E-state index contributed by atoms with van der Waals surface area (Å²) in [4.78, 5) is 16.9. The molecule has 7 nitrogen and oxygen atoms in total. The summed E-state index contributed by atoms with van der Waals surface area (Å²) in [6, 6.07) is 18.9. The summed E-state index contributed by atoms with van der Waals surface area (Å²) in [5.74, 6) is -0.0705. The van der Waals surface area contributed by atoms with E-state index in [9.17, 15) is 4.79 Å². The fraction of sp³-hybridized carbons (Fsp3) is 0.0556. The van der Waals surface area contributed by atoms with Gasteiger partial charge in [0, 0.05) is 11.3 Å². The van der Waals surface area contributed by atoms with E-state index in [1.165, 1.54) is 40.4 Å². The Morgan fingerprint density at radius 1 is 1.04 bits per heavy atom. The minimum atomic E-state index is -0.604. The third-order valence-corrected chi connectivity index (χ3v) is 5.71. The first-order valence-electron chi connectivity index (χ1n) is 8.05. The Morgan fingerprint density at radius 2 is 1.78 bits per heavy atom. The van der Waals surface area contributed by atoms with Gasteiger partial charge in [0.1, 0.15) is 12.7 Å². The van der Waals surface area contributed by atoms with Crippen molar-refractivity contribution in [2.45, 2.75) is 9.71 Å². The highest BCUT2D eigenvalue weighted by atomic mass is 32.2. The maximum atomic E-state index is 13.0. The Kier molecular flexibility index (Phi) is 5.22. The molecule has 134 valence electrons. The first-order chi connectivity index (χ1) is 13.3. The summed E-state index contributed by atoms with van der Waals surface area (Å²) in [7, 11) is 0. The quantitative estimate of drug-likeness (QED) is 0.374. The Morgan fingerprint density at radius 3 is 2.48 bits per heavy atom. The zero-order valence-electron chi connectivity index (χ0n) is 14.0. The van der Waals surface area contributed by atoms with Gasteiger partial charge in [-0.05, 0) is 12.1 Å². The lowest BCUT2D eigenvalue weighted by Gasteiger charge is -2.13. The molecule has 4 aromatic rings. The lowest BCUT2D eigenvalue weighted by Crippen LogP contribution is -2.17. The van der Waals surface area contributed by atoms with Crippen LogP contribution >= 0.6 is 23.1 Å². The minimum absolute atomic E-state index is 0.0705. The summed E-state index contributed by atoms with van der Waals surface area (Å²) in [5.41, 5.74) is 1.54. The summed E-state index contributed by atoms with van der Waals surface area (Å²) >= 11 is 2.68. The van der Waals surface area contributed by atoms with Crippen molar-refractivity contribution in [2.75, 3.05) is 5.32 Å². The number of hydrogen-bond acceptors (Lipinski definition) is 8. The van der Waals surface area contributed by atoms with Gasteiger partial charge in [0.25, 0.3) is 0 Å². The molecule has 0 bridgehead atoms. The molecule has 0 saturated heterocycles. The lowest BCUT2D eigenvalue weighted by atomic mass is 10.1. The maximum absolute atomic E-state index is 13.0. The molecule has 0 radical (unpaired) electrons. The number of Topliss-reactive ketones (excluding diaryl/α,β-unsaturated/α-hetero) is 1. The largest absolute Gasteiger partial charge is 0.330 e. The molecule has 0 amide bonds. The van der Waals surface area contributed by atoms with Crippen molar-refractivity contribution in [3.8, 4) is 0 Å². The molecule has 0 aliphatic carbocycles. The fourth-order valence-electron chi connectivity index (χ4n) is 2.36. The van der Waals surface area contributed by atoms with Crippen molar-refractivity contribution in [3.05, 3.63) is 78.9 Å². The van der Waals surface area contributed by atoms with Crippen molar-refractivity contribution in [1.82, 2.24) is 25.0 Å². The molecule has 1 atom stereocenters. The second-order valence-electron chi connectivity index (χ2n) is 5.44.